The van der Waals surface area contributed by atoms with Gasteiger partial charge in [0.05, 0.1) is 17.2 Å². The number of alkyl carbamates (subject to hydrolysis) is 1. The van der Waals surface area contributed by atoms with Crippen LogP contribution < -0.4 is 5.32 Å². The van der Waals surface area contributed by atoms with E-state index in [-0.39, 0.29) is 18.7 Å². The van der Waals surface area contributed by atoms with Crippen LogP contribution in [0.15, 0.2) is 10.7 Å². The second-order valence-electron chi connectivity index (χ2n) is 4.67. The molecule has 0 aliphatic rings. The Morgan fingerprint density at radius 2 is 2.17 bits per heavy atom. The van der Waals surface area contributed by atoms with Crippen molar-refractivity contribution in [1.29, 1.82) is 0 Å². The number of aromatic nitrogens is 1. The normalized spacial score (nSPS) is 11.1. The van der Waals surface area contributed by atoms with Crippen LogP contribution in [0.5, 0.6) is 0 Å². The SMILES string of the molecule is CC(C)(C)OC(=O)NCC(=O)Cc1sncc1Br. The van der Waals surface area contributed by atoms with Crippen LogP contribution in [0.4, 0.5) is 4.79 Å². The summed E-state index contributed by atoms with van der Waals surface area (Å²) in [7, 11) is 0. The highest BCUT2D eigenvalue weighted by molar-refractivity contribution is 9.10. The van der Waals surface area contributed by atoms with Gasteiger partial charge in [-0.25, -0.2) is 4.79 Å². The fraction of sp³-hybridized carbons (Fsp3) is 0.545. The smallest absolute Gasteiger partial charge is 0.408 e. The van der Waals surface area contributed by atoms with E-state index in [0.29, 0.717) is 0 Å². The summed E-state index contributed by atoms with van der Waals surface area (Å²) in [5.74, 6) is -0.0918. The van der Waals surface area contributed by atoms with Gasteiger partial charge in [0, 0.05) is 11.3 Å². The van der Waals surface area contributed by atoms with Crippen molar-refractivity contribution in [2.45, 2.75) is 32.8 Å². The second kappa shape index (κ2) is 6.29. The van der Waals surface area contributed by atoms with E-state index in [2.05, 4.69) is 25.6 Å². The van der Waals surface area contributed by atoms with Crippen molar-refractivity contribution < 1.29 is 14.3 Å². The summed E-state index contributed by atoms with van der Waals surface area (Å²) >= 11 is 4.56. The summed E-state index contributed by atoms with van der Waals surface area (Å²) in [4.78, 5) is 23.8. The minimum atomic E-state index is -0.584. The first kappa shape index (κ1) is 15.1. The number of ketones is 1. The van der Waals surface area contributed by atoms with E-state index in [0.717, 1.165) is 9.35 Å². The Morgan fingerprint density at radius 1 is 1.50 bits per heavy atom. The molecular formula is C11H15BrN2O3S. The summed E-state index contributed by atoms with van der Waals surface area (Å²) < 4.78 is 9.79. The van der Waals surface area contributed by atoms with Crippen LogP contribution in [0.3, 0.4) is 0 Å². The van der Waals surface area contributed by atoms with Crippen molar-refractivity contribution in [2.24, 2.45) is 0 Å². The van der Waals surface area contributed by atoms with E-state index < -0.39 is 11.7 Å². The van der Waals surface area contributed by atoms with Gasteiger partial charge < -0.3 is 10.1 Å². The number of rotatable bonds is 4. The number of carbonyl (C=O) groups is 2. The van der Waals surface area contributed by atoms with Crippen molar-refractivity contribution in [3.8, 4) is 0 Å². The van der Waals surface area contributed by atoms with Gasteiger partial charge in [0.25, 0.3) is 0 Å². The molecule has 5 nitrogen and oxygen atoms in total. The van der Waals surface area contributed by atoms with E-state index in [1.165, 1.54) is 11.5 Å². The topological polar surface area (TPSA) is 68.3 Å². The van der Waals surface area contributed by atoms with Gasteiger partial charge in [0.1, 0.15) is 5.60 Å². The van der Waals surface area contributed by atoms with Crippen molar-refractivity contribution in [3.63, 3.8) is 0 Å². The Bertz CT molecular complexity index is 440. The van der Waals surface area contributed by atoms with Crippen LogP contribution in [0.25, 0.3) is 0 Å². The zero-order valence-corrected chi connectivity index (χ0v) is 12.9. The van der Waals surface area contributed by atoms with Gasteiger partial charge in [-0.2, -0.15) is 4.37 Å². The van der Waals surface area contributed by atoms with Gasteiger partial charge in [-0.05, 0) is 48.2 Å². The van der Waals surface area contributed by atoms with Crippen LogP contribution in [-0.2, 0) is 16.0 Å². The van der Waals surface area contributed by atoms with Gasteiger partial charge in [0.2, 0.25) is 0 Å². The molecule has 0 radical (unpaired) electrons. The Kier molecular flexibility index (Phi) is 5.28. The van der Waals surface area contributed by atoms with Crippen molar-refractivity contribution >= 4 is 39.3 Å². The lowest BCUT2D eigenvalue weighted by Crippen LogP contribution is -2.35. The van der Waals surface area contributed by atoms with E-state index >= 15 is 0 Å². The second-order valence-corrected chi connectivity index (χ2v) is 6.41. The third kappa shape index (κ3) is 5.59. The van der Waals surface area contributed by atoms with Crippen molar-refractivity contribution in [3.05, 3.63) is 15.5 Å². The van der Waals surface area contributed by atoms with Gasteiger partial charge in [0.15, 0.2) is 5.78 Å². The number of nitrogens with zero attached hydrogens (tertiary/aromatic N) is 1. The molecule has 0 aliphatic carbocycles. The molecule has 1 aromatic heterocycles. The fourth-order valence-corrected chi connectivity index (χ4v) is 2.34. The van der Waals surface area contributed by atoms with E-state index in [1.807, 2.05) is 0 Å². The predicted octanol–water partition coefficient (Wildman–Crippen LogP) is 2.54. The zero-order chi connectivity index (χ0) is 13.8. The van der Waals surface area contributed by atoms with Gasteiger partial charge >= 0.3 is 6.09 Å². The van der Waals surface area contributed by atoms with Crippen LogP contribution in [0, 0.1) is 0 Å². The molecule has 18 heavy (non-hydrogen) atoms. The molecule has 0 saturated carbocycles. The lowest BCUT2D eigenvalue weighted by atomic mass is 10.2. The average molecular weight is 335 g/mol. The van der Waals surface area contributed by atoms with Gasteiger partial charge in [-0.1, -0.05) is 0 Å². The number of carbonyl (C=O) groups excluding carboxylic acids is 2. The minimum Gasteiger partial charge on any atom is -0.444 e. The maximum Gasteiger partial charge on any atom is 0.408 e. The van der Waals surface area contributed by atoms with Gasteiger partial charge in [-0.3, -0.25) is 4.79 Å². The Morgan fingerprint density at radius 3 is 2.67 bits per heavy atom. The molecule has 0 bridgehead atoms. The molecular weight excluding hydrogens is 320 g/mol. The summed E-state index contributed by atoms with van der Waals surface area (Å²) in [6, 6.07) is 0. The maximum atomic E-state index is 11.6. The summed E-state index contributed by atoms with van der Waals surface area (Å²) in [6.45, 7) is 5.26. The quantitative estimate of drug-likeness (QED) is 0.918. The van der Waals surface area contributed by atoms with E-state index in [9.17, 15) is 9.59 Å². The van der Waals surface area contributed by atoms with E-state index in [1.54, 1.807) is 27.0 Å². The molecule has 1 aromatic rings. The Balaban J connectivity index is 2.34. The highest BCUT2D eigenvalue weighted by Gasteiger charge is 2.17. The largest absolute Gasteiger partial charge is 0.444 e. The first-order valence-electron chi connectivity index (χ1n) is 5.35. The molecule has 0 spiro atoms. The Hall–Kier alpha value is -0.950. The zero-order valence-electron chi connectivity index (χ0n) is 10.4. The number of Topliss-reactive ketones (excluding diaryl/α,β-unsaturated/α-hetero) is 1. The lowest BCUT2D eigenvalue weighted by Gasteiger charge is -2.19. The molecule has 1 N–H and O–H groups in total. The standard InChI is InChI=1S/C11H15BrN2O3S/c1-11(2,3)17-10(16)13-5-7(15)4-9-8(12)6-14-18-9/h6H,4-5H2,1-3H3,(H,13,16). The fourth-order valence-electron chi connectivity index (χ4n) is 1.10. The predicted molar refractivity (Wildman–Crippen MR) is 72.8 cm³/mol. The Labute approximate surface area is 118 Å². The van der Waals surface area contributed by atoms with Crippen LogP contribution in [0.1, 0.15) is 25.6 Å². The molecule has 0 fully saturated rings. The number of halogens is 1. The lowest BCUT2D eigenvalue weighted by molar-refractivity contribution is -0.117. The molecule has 1 rings (SSSR count). The molecule has 0 unspecified atom stereocenters. The van der Waals surface area contributed by atoms with Crippen molar-refractivity contribution in [2.75, 3.05) is 6.54 Å². The molecule has 1 heterocycles. The average Bonchev–Trinajstić information content (AvgIpc) is 2.59. The monoisotopic (exact) mass is 334 g/mol. The highest BCUT2D eigenvalue weighted by Crippen LogP contribution is 2.20. The van der Waals surface area contributed by atoms with Crippen LogP contribution in [-0.4, -0.2) is 28.4 Å². The molecule has 0 aromatic carbocycles. The molecule has 1 amide bonds. The number of hydrogen-bond acceptors (Lipinski definition) is 5. The summed E-state index contributed by atoms with van der Waals surface area (Å²) in [5.41, 5.74) is -0.562. The van der Waals surface area contributed by atoms with Crippen LogP contribution >= 0.6 is 27.5 Å². The molecule has 0 aliphatic heterocycles. The minimum absolute atomic E-state index is 0.0424. The summed E-state index contributed by atoms with van der Waals surface area (Å²) in [6.07, 6.45) is 1.31. The number of ether oxygens (including phenoxy) is 1. The first-order chi connectivity index (χ1) is 8.28. The third-order valence-electron chi connectivity index (χ3n) is 1.78. The highest BCUT2D eigenvalue weighted by atomic mass is 79.9. The molecule has 0 atom stereocenters. The van der Waals surface area contributed by atoms with Crippen LogP contribution in [0.2, 0.25) is 0 Å². The maximum absolute atomic E-state index is 11.6. The number of nitrogens with one attached hydrogen (secondary N) is 1. The molecule has 7 heteroatoms. The molecule has 0 saturated heterocycles. The summed E-state index contributed by atoms with van der Waals surface area (Å²) in [5, 5.41) is 2.43. The number of hydrogen-bond donors (Lipinski definition) is 1. The molecule has 100 valence electrons. The third-order valence-corrected chi connectivity index (χ3v) is 3.52. The van der Waals surface area contributed by atoms with E-state index in [4.69, 9.17) is 4.74 Å². The van der Waals surface area contributed by atoms with Gasteiger partial charge in [-0.15, -0.1) is 0 Å². The number of amides is 1. The first-order valence-corrected chi connectivity index (χ1v) is 6.92. The van der Waals surface area contributed by atoms with Crippen molar-refractivity contribution in [1.82, 2.24) is 9.69 Å².